The van der Waals surface area contributed by atoms with Crippen LogP contribution in [0.5, 0.6) is 23.0 Å². The van der Waals surface area contributed by atoms with Gasteiger partial charge in [-0.3, -0.25) is 4.99 Å². The molecular formula is C33H33NO4. The fourth-order valence-corrected chi connectivity index (χ4v) is 4.68. The summed E-state index contributed by atoms with van der Waals surface area (Å²) < 4.78 is 23.5. The van der Waals surface area contributed by atoms with Crippen molar-refractivity contribution in [2.75, 3.05) is 20.8 Å². The Morgan fingerprint density at radius 2 is 1.24 bits per heavy atom. The monoisotopic (exact) mass is 507 g/mol. The molecule has 0 saturated heterocycles. The second kappa shape index (κ2) is 12.3. The molecule has 0 fully saturated rings. The molecule has 5 heteroatoms. The molecule has 4 aromatic carbocycles. The van der Waals surface area contributed by atoms with E-state index in [1.165, 1.54) is 11.1 Å². The van der Waals surface area contributed by atoms with Gasteiger partial charge in [-0.1, -0.05) is 66.7 Å². The van der Waals surface area contributed by atoms with Crippen LogP contribution in [-0.4, -0.2) is 26.5 Å². The first-order valence-corrected chi connectivity index (χ1v) is 13.0. The maximum atomic E-state index is 6.18. The van der Waals surface area contributed by atoms with Gasteiger partial charge in [-0.25, -0.2) is 0 Å². The number of hydrogen-bond donors (Lipinski definition) is 0. The van der Waals surface area contributed by atoms with Gasteiger partial charge in [0.1, 0.15) is 13.2 Å². The van der Waals surface area contributed by atoms with Crippen LogP contribution in [0.3, 0.4) is 0 Å². The van der Waals surface area contributed by atoms with Crippen LogP contribution in [0.1, 0.15) is 34.2 Å². The highest BCUT2D eigenvalue weighted by Gasteiger charge is 2.19. The second-order valence-corrected chi connectivity index (χ2v) is 9.27. The Morgan fingerprint density at radius 3 is 1.89 bits per heavy atom. The predicted octanol–water partition coefficient (Wildman–Crippen LogP) is 6.84. The first-order valence-electron chi connectivity index (χ1n) is 13.0. The van der Waals surface area contributed by atoms with Gasteiger partial charge in [0.15, 0.2) is 23.0 Å². The summed E-state index contributed by atoms with van der Waals surface area (Å²) in [5, 5.41) is 0. The van der Waals surface area contributed by atoms with Crippen molar-refractivity contribution >= 4 is 5.71 Å². The minimum absolute atomic E-state index is 0.487. The molecule has 0 bridgehead atoms. The first kappa shape index (κ1) is 25.4. The molecule has 1 aliphatic rings. The van der Waals surface area contributed by atoms with E-state index in [1.807, 2.05) is 42.5 Å². The number of aliphatic imine (C=N–C) groups is 1. The van der Waals surface area contributed by atoms with Crippen molar-refractivity contribution in [3.8, 4) is 23.0 Å². The normalized spacial score (nSPS) is 12.3. The van der Waals surface area contributed by atoms with E-state index >= 15 is 0 Å². The average molecular weight is 508 g/mol. The van der Waals surface area contributed by atoms with E-state index < -0.39 is 0 Å². The summed E-state index contributed by atoms with van der Waals surface area (Å²) in [6.45, 7) is 1.77. The summed E-state index contributed by atoms with van der Waals surface area (Å²) in [7, 11) is 3.37. The van der Waals surface area contributed by atoms with Crippen LogP contribution in [0.25, 0.3) is 0 Å². The number of methoxy groups -OCH3 is 2. The molecule has 0 aliphatic carbocycles. The third-order valence-electron chi connectivity index (χ3n) is 6.74. The van der Waals surface area contributed by atoms with Crippen molar-refractivity contribution in [2.45, 2.75) is 32.5 Å². The number of fused-ring (bicyclic) bond motifs is 1. The van der Waals surface area contributed by atoms with E-state index in [-0.39, 0.29) is 0 Å². The molecule has 1 heterocycles. The van der Waals surface area contributed by atoms with Crippen LogP contribution in [0, 0.1) is 0 Å². The molecular weight excluding hydrogens is 474 g/mol. The number of aryl methyl sites for hydroxylation is 1. The molecule has 5 rings (SSSR count). The second-order valence-electron chi connectivity index (χ2n) is 9.27. The molecule has 0 N–H and O–H groups in total. The van der Waals surface area contributed by atoms with E-state index in [0.29, 0.717) is 13.2 Å². The fraction of sp³-hybridized carbons (Fsp3) is 0.242. The topological polar surface area (TPSA) is 49.3 Å². The lowest BCUT2D eigenvalue weighted by Gasteiger charge is -2.21. The largest absolute Gasteiger partial charge is 0.493 e. The van der Waals surface area contributed by atoms with Gasteiger partial charge in [-0.05, 0) is 65.8 Å². The van der Waals surface area contributed by atoms with Gasteiger partial charge in [-0.2, -0.15) is 0 Å². The Morgan fingerprint density at radius 1 is 0.605 bits per heavy atom. The van der Waals surface area contributed by atoms with Crippen molar-refractivity contribution in [1.82, 2.24) is 0 Å². The maximum absolute atomic E-state index is 6.18. The van der Waals surface area contributed by atoms with Crippen LogP contribution < -0.4 is 18.9 Å². The fourth-order valence-electron chi connectivity index (χ4n) is 4.68. The van der Waals surface area contributed by atoms with Crippen LogP contribution in [0.4, 0.5) is 0 Å². The third-order valence-corrected chi connectivity index (χ3v) is 6.74. The Labute approximate surface area is 224 Å². The zero-order valence-corrected chi connectivity index (χ0v) is 22.0. The molecule has 38 heavy (non-hydrogen) atoms. The number of rotatable bonds is 11. The molecule has 0 aromatic heterocycles. The molecule has 1 aliphatic heterocycles. The molecule has 0 unspecified atom stereocenters. The molecule has 194 valence electrons. The average Bonchev–Trinajstić information content (AvgIpc) is 2.98. The summed E-state index contributed by atoms with van der Waals surface area (Å²) in [5.74, 6) is 2.99. The Kier molecular flexibility index (Phi) is 8.24. The molecule has 0 radical (unpaired) electrons. The minimum atomic E-state index is 0.487. The number of nitrogens with zero attached hydrogens (tertiary/aromatic N) is 1. The van der Waals surface area contributed by atoms with Gasteiger partial charge in [-0.15, -0.1) is 0 Å². The SMILES string of the molecule is COc1cc(CCC2=NCCc3cc(OC)c(OCc4ccccc4)cc32)ccc1OCc1ccccc1. The van der Waals surface area contributed by atoms with Gasteiger partial charge < -0.3 is 18.9 Å². The van der Waals surface area contributed by atoms with Crippen molar-refractivity contribution in [3.05, 3.63) is 119 Å². The summed E-state index contributed by atoms with van der Waals surface area (Å²) in [6.07, 6.45) is 2.57. The number of ether oxygens (including phenoxy) is 4. The maximum Gasteiger partial charge on any atom is 0.162 e. The molecule has 4 aromatic rings. The Bertz CT molecular complexity index is 1380. The lowest BCUT2D eigenvalue weighted by Crippen LogP contribution is -2.15. The van der Waals surface area contributed by atoms with Crippen LogP contribution in [-0.2, 0) is 26.1 Å². The highest BCUT2D eigenvalue weighted by Crippen LogP contribution is 2.35. The highest BCUT2D eigenvalue weighted by molar-refractivity contribution is 6.03. The molecule has 0 saturated carbocycles. The Hall–Kier alpha value is -4.25. The van der Waals surface area contributed by atoms with E-state index in [2.05, 4.69) is 48.5 Å². The zero-order chi connectivity index (χ0) is 26.2. The lowest BCUT2D eigenvalue weighted by atomic mass is 9.93. The number of benzene rings is 4. The lowest BCUT2D eigenvalue weighted by molar-refractivity contribution is 0.284. The zero-order valence-electron chi connectivity index (χ0n) is 22.0. The summed E-state index contributed by atoms with van der Waals surface area (Å²) >= 11 is 0. The molecule has 0 atom stereocenters. The first-order chi connectivity index (χ1) is 18.7. The predicted molar refractivity (Wildman–Crippen MR) is 151 cm³/mol. The van der Waals surface area contributed by atoms with Crippen LogP contribution >= 0.6 is 0 Å². The quantitative estimate of drug-likeness (QED) is 0.223. The minimum Gasteiger partial charge on any atom is -0.493 e. The summed E-state index contributed by atoms with van der Waals surface area (Å²) in [5.41, 5.74) is 6.92. The van der Waals surface area contributed by atoms with Crippen molar-refractivity contribution in [2.24, 2.45) is 4.99 Å². The summed E-state index contributed by atoms with van der Waals surface area (Å²) in [6, 6.07) is 30.7. The van der Waals surface area contributed by atoms with Gasteiger partial charge in [0.25, 0.3) is 0 Å². The van der Waals surface area contributed by atoms with E-state index in [0.717, 1.165) is 71.2 Å². The van der Waals surface area contributed by atoms with Crippen molar-refractivity contribution in [1.29, 1.82) is 0 Å². The third kappa shape index (κ3) is 6.17. The van der Waals surface area contributed by atoms with Gasteiger partial charge in [0.05, 0.1) is 14.2 Å². The molecule has 0 amide bonds. The molecule has 0 spiro atoms. The van der Waals surface area contributed by atoms with Gasteiger partial charge in [0.2, 0.25) is 0 Å². The van der Waals surface area contributed by atoms with Gasteiger partial charge >= 0.3 is 0 Å². The summed E-state index contributed by atoms with van der Waals surface area (Å²) in [4.78, 5) is 4.89. The van der Waals surface area contributed by atoms with E-state index in [4.69, 9.17) is 23.9 Å². The van der Waals surface area contributed by atoms with E-state index in [1.54, 1.807) is 14.2 Å². The standard InChI is InChI=1S/C33H33NO4/c1-35-31-19-24(14-16-30(31)37-22-25-9-5-3-6-10-25)13-15-29-28-21-33(38-23-26-11-7-4-8-12-26)32(36-2)20-27(28)17-18-34-29/h3-12,14,16,19-21H,13,15,17-18,22-23H2,1-2H3. The number of hydrogen-bond acceptors (Lipinski definition) is 5. The Balaban J connectivity index is 1.28. The molecule has 5 nitrogen and oxygen atoms in total. The highest BCUT2D eigenvalue weighted by atomic mass is 16.5. The van der Waals surface area contributed by atoms with E-state index in [9.17, 15) is 0 Å². The van der Waals surface area contributed by atoms with Crippen molar-refractivity contribution in [3.63, 3.8) is 0 Å². The van der Waals surface area contributed by atoms with Crippen molar-refractivity contribution < 1.29 is 18.9 Å². The van der Waals surface area contributed by atoms with Gasteiger partial charge in [0, 0.05) is 17.8 Å². The van der Waals surface area contributed by atoms with Crippen LogP contribution in [0.2, 0.25) is 0 Å². The van der Waals surface area contributed by atoms with Crippen LogP contribution in [0.15, 0.2) is 96.0 Å². The smallest absolute Gasteiger partial charge is 0.162 e.